The summed E-state index contributed by atoms with van der Waals surface area (Å²) in [4.78, 5) is 28.1. The van der Waals surface area contributed by atoms with Crippen LogP contribution in [0.2, 0.25) is 0 Å². The number of para-hydroxylation sites is 1. The van der Waals surface area contributed by atoms with Crippen LogP contribution in [0.3, 0.4) is 0 Å². The Bertz CT molecular complexity index is 903. The molecule has 2 amide bonds. The molecule has 9 nitrogen and oxygen atoms in total. The van der Waals surface area contributed by atoms with Crippen molar-refractivity contribution in [3.8, 4) is 17.2 Å². The molecule has 31 heavy (non-hydrogen) atoms. The SMILES string of the molecule is CCOc1ccccc1-c1nnc(SCC(=O)N2CCN(C(=O)OC(C)(C)C)CC2)o1. The van der Waals surface area contributed by atoms with Gasteiger partial charge in [-0.05, 0) is 39.8 Å². The fourth-order valence-corrected chi connectivity index (χ4v) is 3.65. The zero-order valence-electron chi connectivity index (χ0n) is 18.3. The number of aromatic nitrogens is 2. The number of thioether (sulfide) groups is 1. The lowest BCUT2D eigenvalue weighted by Gasteiger charge is -2.35. The first-order valence-electron chi connectivity index (χ1n) is 10.2. The zero-order valence-corrected chi connectivity index (χ0v) is 19.1. The number of piperazine rings is 1. The molecule has 0 spiro atoms. The van der Waals surface area contributed by atoms with Gasteiger partial charge in [-0.2, -0.15) is 0 Å². The molecule has 2 aromatic rings. The minimum Gasteiger partial charge on any atom is -0.493 e. The number of ether oxygens (including phenoxy) is 2. The summed E-state index contributed by atoms with van der Waals surface area (Å²) >= 11 is 1.19. The van der Waals surface area contributed by atoms with E-state index < -0.39 is 5.60 Å². The molecular formula is C21H28N4O5S. The summed E-state index contributed by atoms with van der Waals surface area (Å²) in [6, 6.07) is 7.44. The Morgan fingerprint density at radius 2 is 1.77 bits per heavy atom. The highest BCUT2D eigenvalue weighted by Crippen LogP contribution is 2.30. The van der Waals surface area contributed by atoms with Crippen molar-refractivity contribution in [3.05, 3.63) is 24.3 Å². The van der Waals surface area contributed by atoms with Crippen LogP contribution in [-0.4, -0.2) is 76.1 Å². The molecule has 1 fully saturated rings. The van der Waals surface area contributed by atoms with Crippen molar-refractivity contribution in [2.24, 2.45) is 0 Å². The first-order chi connectivity index (χ1) is 14.8. The highest BCUT2D eigenvalue weighted by molar-refractivity contribution is 7.99. The second-order valence-electron chi connectivity index (χ2n) is 7.94. The summed E-state index contributed by atoms with van der Waals surface area (Å²) in [6.45, 7) is 9.77. The molecule has 0 saturated carbocycles. The molecule has 168 valence electrons. The van der Waals surface area contributed by atoms with Gasteiger partial charge >= 0.3 is 6.09 Å². The Labute approximate surface area is 186 Å². The summed E-state index contributed by atoms with van der Waals surface area (Å²) in [5, 5.41) is 8.43. The number of benzene rings is 1. The van der Waals surface area contributed by atoms with Crippen molar-refractivity contribution >= 4 is 23.8 Å². The quantitative estimate of drug-likeness (QED) is 0.621. The van der Waals surface area contributed by atoms with E-state index in [-0.39, 0.29) is 17.8 Å². The van der Waals surface area contributed by atoms with E-state index in [9.17, 15) is 9.59 Å². The van der Waals surface area contributed by atoms with E-state index in [4.69, 9.17) is 13.9 Å². The third-order valence-electron chi connectivity index (χ3n) is 4.43. The van der Waals surface area contributed by atoms with Crippen LogP contribution in [0.25, 0.3) is 11.5 Å². The fraction of sp³-hybridized carbons (Fsp3) is 0.524. The molecule has 0 unspecified atom stereocenters. The number of hydrogen-bond acceptors (Lipinski definition) is 8. The third-order valence-corrected chi connectivity index (χ3v) is 5.23. The number of rotatable bonds is 6. The van der Waals surface area contributed by atoms with Gasteiger partial charge in [-0.1, -0.05) is 23.9 Å². The maximum Gasteiger partial charge on any atom is 0.410 e. The lowest BCUT2D eigenvalue weighted by molar-refractivity contribution is -0.130. The lowest BCUT2D eigenvalue weighted by atomic mass is 10.2. The molecule has 2 heterocycles. The summed E-state index contributed by atoms with van der Waals surface area (Å²) in [5.41, 5.74) is 0.181. The van der Waals surface area contributed by atoms with Gasteiger partial charge in [-0.3, -0.25) is 4.79 Å². The van der Waals surface area contributed by atoms with Crippen molar-refractivity contribution in [2.75, 3.05) is 38.5 Å². The van der Waals surface area contributed by atoms with Crippen LogP contribution in [0.5, 0.6) is 5.75 Å². The molecule has 0 radical (unpaired) electrons. The molecule has 3 rings (SSSR count). The molecule has 0 N–H and O–H groups in total. The number of amides is 2. The summed E-state index contributed by atoms with van der Waals surface area (Å²) in [5.74, 6) is 1.17. The molecule has 0 bridgehead atoms. The predicted octanol–water partition coefficient (Wildman–Crippen LogP) is 3.31. The van der Waals surface area contributed by atoms with Crippen molar-refractivity contribution in [2.45, 2.75) is 38.5 Å². The van der Waals surface area contributed by atoms with E-state index in [2.05, 4.69) is 10.2 Å². The Morgan fingerprint density at radius 1 is 1.10 bits per heavy atom. The molecule has 1 aromatic heterocycles. The highest BCUT2D eigenvalue weighted by atomic mass is 32.2. The smallest absolute Gasteiger partial charge is 0.410 e. The van der Waals surface area contributed by atoms with Crippen LogP contribution < -0.4 is 4.74 Å². The predicted molar refractivity (Wildman–Crippen MR) is 116 cm³/mol. The molecule has 1 aliphatic rings. The first-order valence-corrected chi connectivity index (χ1v) is 11.2. The Morgan fingerprint density at radius 3 is 2.45 bits per heavy atom. The van der Waals surface area contributed by atoms with Gasteiger partial charge in [-0.15, -0.1) is 10.2 Å². The number of nitrogens with zero attached hydrogens (tertiary/aromatic N) is 4. The normalized spacial score (nSPS) is 14.5. The van der Waals surface area contributed by atoms with Crippen LogP contribution >= 0.6 is 11.8 Å². The van der Waals surface area contributed by atoms with Crippen molar-refractivity contribution in [3.63, 3.8) is 0 Å². The van der Waals surface area contributed by atoms with Crippen molar-refractivity contribution in [1.29, 1.82) is 0 Å². The molecule has 0 atom stereocenters. The maximum absolute atomic E-state index is 12.6. The third kappa shape index (κ3) is 6.36. The number of hydrogen-bond donors (Lipinski definition) is 0. The van der Waals surface area contributed by atoms with Crippen LogP contribution in [0.15, 0.2) is 33.9 Å². The van der Waals surface area contributed by atoms with Gasteiger partial charge < -0.3 is 23.7 Å². The van der Waals surface area contributed by atoms with Crippen LogP contribution in [0.1, 0.15) is 27.7 Å². The number of carbonyl (C=O) groups excluding carboxylic acids is 2. The van der Waals surface area contributed by atoms with E-state index in [0.717, 1.165) is 0 Å². The van der Waals surface area contributed by atoms with Crippen molar-refractivity contribution < 1.29 is 23.5 Å². The Balaban J connectivity index is 1.50. The van der Waals surface area contributed by atoms with E-state index in [1.54, 1.807) is 9.80 Å². The monoisotopic (exact) mass is 448 g/mol. The van der Waals surface area contributed by atoms with E-state index in [0.29, 0.717) is 55.2 Å². The molecule has 0 aliphatic carbocycles. The minimum atomic E-state index is -0.535. The molecule has 1 aromatic carbocycles. The van der Waals surface area contributed by atoms with Gasteiger partial charge in [0.2, 0.25) is 5.91 Å². The largest absolute Gasteiger partial charge is 0.493 e. The highest BCUT2D eigenvalue weighted by Gasteiger charge is 2.28. The average molecular weight is 449 g/mol. The maximum atomic E-state index is 12.6. The van der Waals surface area contributed by atoms with E-state index in [1.165, 1.54) is 11.8 Å². The molecular weight excluding hydrogens is 420 g/mol. The Hall–Kier alpha value is -2.75. The standard InChI is InChI=1S/C21H28N4O5S/c1-5-28-16-9-7-6-8-15(16)18-22-23-19(29-18)31-14-17(26)24-10-12-25(13-11-24)20(27)30-21(2,3)4/h6-9H,5,10-14H2,1-4H3. The topological polar surface area (TPSA) is 98.0 Å². The average Bonchev–Trinajstić information content (AvgIpc) is 3.20. The van der Waals surface area contributed by atoms with Gasteiger partial charge in [0.15, 0.2) is 0 Å². The molecule has 1 aliphatic heterocycles. The van der Waals surface area contributed by atoms with Crippen LogP contribution in [0, 0.1) is 0 Å². The van der Waals surface area contributed by atoms with Gasteiger partial charge in [0.1, 0.15) is 11.4 Å². The van der Waals surface area contributed by atoms with Gasteiger partial charge in [-0.25, -0.2) is 4.79 Å². The van der Waals surface area contributed by atoms with Crippen LogP contribution in [0.4, 0.5) is 4.79 Å². The lowest BCUT2D eigenvalue weighted by Crippen LogP contribution is -2.52. The van der Waals surface area contributed by atoms with Gasteiger partial charge in [0.25, 0.3) is 11.1 Å². The fourth-order valence-electron chi connectivity index (χ4n) is 2.98. The Kier molecular flexibility index (Phi) is 7.42. The second-order valence-corrected chi connectivity index (χ2v) is 8.87. The molecule has 1 saturated heterocycles. The van der Waals surface area contributed by atoms with Crippen molar-refractivity contribution in [1.82, 2.24) is 20.0 Å². The van der Waals surface area contributed by atoms with Gasteiger partial charge in [0.05, 0.1) is 17.9 Å². The number of carbonyl (C=O) groups is 2. The summed E-state index contributed by atoms with van der Waals surface area (Å²) < 4.78 is 16.7. The first kappa shape index (κ1) is 22.9. The zero-order chi connectivity index (χ0) is 22.4. The summed E-state index contributed by atoms with van der Waals surface area (Å²) in [7, 11) is 0. The molecule has 10 heteroatoms. The minimum absolute atomic E-state index is 0.0386. The van der Waals surface area contributed by atoms with E-state index in [1.807, 2.05) is 52.0 Å². The van der Waals surface area contributed by atoms with Crippen LogP contribution in [-0.2, 0) is 9.53 Å². The summed E-state index contributed by atoms with van der Waals surface area (Å²) in [6.07, 6.45) is -0.348. The second kappa shape index (κ2) is 10.0. The van der Waals surface area contributed by atoms with Gasteiger partial charge in [0, 0.05) is 26.2 Å². The van der Waals surface area contributed by atoms with E-state index >= 15 is 0 Å².